The van der Waals surface area contributed by atoms with Crippen LogP contribution in [-0.2, 0) is 10.0 Å². The number of hydrogen-bond donors (Lipinski definition) is 2. The van der Waals surface area contributed by atoms with Gasteiger partial charge in [0.05, 0.1) is 0 Å². The van der Waals surface area contributed by atoms with Crippen molar-refractivity contribution < 1.29 is 21.6 Å². The first-order chi connectivity index (χ1) is 8.92. The van der Waals surface area contributed by atoms with Crippen molar-refractivity contribution in [3.63, 3.8) is 0 Å². The van der Waals surface area contributed by atoms with E-state index >= 15 is 0 Å². The Morgan fingerprint density at radius 2 is 1.90 bits per heavy atom. The van der Waals surface area contributed by atoms with Gasteiger partial charge in [-0.15, -0.1) is 12.4 Å². The lowest BCUT2D eigenvalue weighted by Crippen LogP contribution is -2.45. The lowest BCUT2D eigenvalue weighted by Gasteiger charge is -2.23. The summed E-state index contributed by atoms with van der Waals surface area (Å²) in [4.78, 5) is -0.878. The summed E-state index contributed by atoms with van der Waals surface area (Å²) in [6.07, 6.45) is 1.39. The summed E-state index contributed by atoms with van der Waals surface area (Å²) in [5, 5.41) is 2.99. The normalized spacial score (nSPS) is 19.4. The Morgan fingerprint density at radius 1 is 1.20 bits per heavy atom. The molecule has 114 valence electrons. The summed E-state index contributed by atoms with van der Waals surface area (Å²) in [5.41, 5.74) is 0. The van der Waals surface area contributed by atoms with Crippen molar-refractivity contribution in [2.45, 2.75) is 23.8 Å². The third-order valence-corrected chi connectivity index (χ3v) is 4.45. The highest BCUT2D eigenvalue weighted by atomic mass is 35.5. The van der Waals surface area contributed by atoms with Crippen LogP contribution < -0.4 is 10.0 Å². The molecule has 1 aromatic carbocycles. The van der Waals surface area contributed by atoms with Gasteiger partial charge in [0.1, 0.15) is 4.90 Å². The van der Waals surface area contributed by atoms with Gasteiger partial charge in [-0.3, -0.25) is 0 Å². The van der Waals surface area contributed by atoms with E-state index in [9.17, 15) is 21.6 Å². The Morgan fingerprint density at radius 3 is 2.50 bits per heavy atom. The average Bonchev–Trinajstić information content (AvgIpc) is 2.36. The van der Waals surface area contributed by atoms with Crippen LogP contribution in [0.4, 0.5) is 13.2 Å². The quantitative estimate of drug-likeness (QED) is 0.827. The third-order valence-electron chi connectivity index (χ3n) is 2.91. The molecule has 0 aliphatic carbocycles. The Kier molecular flexibility index (Phi) is 5.81. The molecule has 1 saturated heterocycles. The molecule has 9 heteroatoms. The number of hydrogen-bond acceptors (Lipinski definition) is 3. The predicted octanol–water partition coefficient (Wildman–Crippen LogP) is 1.56. The van der Waals surface area contributed by atoms with Crippen molar-refractivity contribution in [3.8, 4) is 0 Å². The maximum atomic E-state index is 13.5. The minimum absolute atomic E-state index is 0. The molecule has 1 atom stereocenters. The predicted molar refractivity (Wildman–Crippen MR) is 69.8 cm³/mol. The van der Waals surface area contributed by atoms with Gasteiger partial charge in [-0.05, 0) is 31.5 Å². The summed E-state index contributed by atoms with van der Waals surface area (Å²) in [5.74, 6) is -4.91. The molecule has 1 fully saturated rings. The van der Waals surface area contributed by atoms with Crippen LogP contribution in [0.5, 0.6) is 0 Å². The van der Waals surface area contributed by atoms with Crippen molar-refractivity contribution in [1.29, 1.82) is 0 Å². The van der Waals surface area contributed by atoms with Crippen LogP contribution in [0.25, 0.3) is 0 Å². The second-order valence-electron chi connectivity index (χ2n) is 4.34. The van der Waals surface area contributed by atoms with Crippen molar-refractivity contribution >= 4 is 22.4 Å². The van der Waals surface area contributed by atoms with E-state index in [0.29, 0.717) is 25.1 Å². The SMILES string of the molecule is Cl.O=S(=O)(NC1CCCNC1)c1ccc(F)c(F)c1F. The van der Waals surface area contributed by atoms with E-state index in [1.807, 2.05) is 0 Å². The molecule has 20 heavy (non-hydrogen) atoms. The monoisotopic (exact) mass is 330 g/mol. The summed E-state index contributed by atoms with van der Waals surface area (Å²) in [7, 11) is -4.20. The number of piperidine rings is 1. The van der Waals surface area contributed by atoms with Crippen molar-refractivity contribution in [1.82, 2.24) is 10.0 Å². The number of halogens is 4. The van der Waals surface area contributed by atoms with E-state index in [2.05, 4.69) is 10.0 Å². The van der Waals surface area contributed by atoms with Crippen molar-refractivity contribution in [2.24, 2.45) is 0 Å². The molecule has 0 aromatic heterocycles. The zero-order chi connectivity index (χ0) is 14.0. The lowest BCUT2D eigenvalue weighted by molar-refractivity contribution is 0.419. The van der Waals surface area contributed by atoms with E-state index in [0.717, 1.165) is 13.0 Å². The smallest absolute Gasteiger partial charge is 0.243 e. The fourth-order valence-electron chi connectivity index (χ4n) is 1.95. The van der Waals surface area contributed by atoms with Crippen molar-refractivity contribution in [2.75, 3.05) is 13.1 Å². The molecule has 4 nitrogen and oxygen atoms in total. The highest BCUT2D eigenvalue weighted by molar-refractivity contribution is 7.89. The molecule has 1 heterocycles. The fraction of sp³-hybridized carbons (Fsp3) is 0.455. The number of benzene rings is 1. The first-order valence-corrected chi connectivity index (χ1v) is 7.26. The molecule has 1 aliphatic heterocycles. The standard InChI is InChI=1S/C11H13F3N2O2S.ClH/c12-8-3-4-9(11(14)10(8)13)19(17,18)16-7-2-1-5-15-6-7;/h3-4,7,15-16H,1-2,5-6H2;1H. The summed E-state index contributed by atoms with van der Waals surface area (Å²) in [6.45, 7) is 1.21. The average molecular weight is 331 g/mol. The van der Waals surface area contributed by atoms with Crippen LogP contribution in [0.3, 0.4) is 0 Å². The van der Waals surface area contributed by atoms with Gasteiger partial charge in [-0.1, -0.05) is 0 Å². The molecule has 0 radical (unpaired) electrons. The molecular formula is C11H14ClF3N2O2S. The first-order valence-electron chi connectivity index (χ1n) is 5.78. The lowest BCUT2D eigenvalue weighted by atomic mass is 10.1. The first kappa shape index (κ1) is 17.2. The van der Waals surface area contributed by atoms with Crippen LogP contribution in [0.1, 0.15) is 12.8 Å². The molecule has 1 aromatic rings. The zero-order valence-corrected chi connectivity index (χ0v) is 12.0. The highest BCUT2D eigenvalue weighted by Gasteiger charge is 2.27. The maximum absolute atomic E-state index is 13.5. The van der Waals surface area contributed by atoms with E-state index < -0.39 is 32.4 Å². The minimum Gasteiger partial charge on any atom is -0.315 e. The van der Waals surface area contributed by atoms with Gasteiger partial charge < -0.3 is 5.32 Å². The van der Waals surface area contributed by atoms with Crippen LogP contribution in [0.15, 0.2) is 17.0 Å². The van der Waals surface area contributed by atoms with Crippen LogP contribution in [-0.4, -0.2) is 27.5 Å². The number of nitrogens with one attached hydrogen (secondary N) is 2. The molecule has 1 unspecified atom stereocenters. The third kappa shape index (κ3) is 3.63. The zero-order valence-electron chi connectivity index (χ0n) is 10.3. The highest BCUT2D eigenvalue weighted by Crippen LogP contribution is 2.20. The number of rotatable bonds is 3. The molecule has 0 saturated carbocycles. The van der Waals surface area contributed by atoms with Gasteiger partial charge in [-0.2, -0.15) is 0 Å². The fourth-order valence-corrected chi connectivity index (χ4v) is 3.29. The Labute approximate surface area is 121 Å². The van der Waals surface area contributed by atoms with Crippen LogP contribution in [0.2, 0.25) is 0 Å². The van der Waals surface area contributed by atoms with Crippen LogP contribution >= 0.6 is 12.4 Å². The molecule has 2 rings (SSSR count). The molecular weight excluding hydrogens is 317 g/mol. The molecule has 0 bridgehead atoms. The van der Waals surface area contributed by atoms with E-state index in [4.69, 9.17) is 0 Å². The second kappa shape index (κ2) is 6.75. The van der Waals surface area contributed by atoms with Crippen LogP contribution in [0, 0.1) is 17.5 Å². The largest absolute Gasteiger partial charge is 0.315 e. The van der Waals surface area contributed by atoms with Gasteiger partial charge in [0.15, 0.2) is 17.5 Å². The van der Waals surface area contributed by atoms with Gasteiger partial charge in [0.2, 0.25) is 10.0 Å². The Hall–Kier alpha value is -0.830. The summed E-state index contributed by atoms with van der Waals surface area (Å²) in [6, 6.07) is 0.921. The van der Waals surface area contributed by atoms with E-state index in [1.165, 1.54) is 0 Å². The second-order valence-corrected chi connectivity index (χ2v) is 6.02. The topological polar surface area (TPSA) is 58.2 Å². The maximum Gasteiger partial charge on any atom is 0.243 e. The van der Waals surface area contributed by atoms with Gasteiger partial charge >= 0.3 is 0 Å². The summed E-state index contributed by atoms with van der Waals surface area (Å²) >= 11 is 0. The van der Waals surface area contributed by atoms with E-state index in [-0.39, 0.29) is 18.4 Å². The Bertz CT molecular complexity index is 577. The molecule has 0 amide bonds. The minimum atomic E-state index is -4.20. The Balaban J connectivity index is 0.00000200. The number of sulfonamides is 1. The molecule has 2 N–H and O–H groups in total. The summed E-state index contributed by atoms with van der Waals surface area (Å²) < 4.78 is 65.4. The molecule has 0 spiro atoms. The van der Waals surface area contributed by atoms with Gasteiger partial charge in [0, 0.05) is 12.6 Å². The van der Waals surface area contributed by atoms with Gasteiger partial charge in [0.25, 0.3) is 0 Å². The van der Waals surface area contributed by atoms with Gasteiger partial charge in [-0.25, -0.2) is 26.3 Å². The van der Waals surface area contributed by atoms with E-state index in [1.54, 1.807) is 0 Å². The van der Waals surface area contributed by atoms with Crippen molar-refractivity contribution in [3.05, 3.63) is 29.6 Å². The molecule has 1 aliphatic rings.